The summed E-state index contributed by atoms with van der Waals surface area (Å²) in [6, 6.07) is 10.9. The van der Waals surface area contributed by atoms with E-state index in [9.17, 15) is 23.7 Å². The minimum atomic E-state index is -1.32. The van der Waals surface area contributed by atoms with Crippen LogP contribution in [0.2, 0.25) is 0 Å². The van der Waals surface area contributed by atoms with Crippen molar-refractivity contribution in [1.29, 1.82) is 0 Å². The summed E-state index contributed by atoms with van der Waals surface area (Å²) >= 11 is 0. The number of hydrogen-bond donors (Lipinski definition) is 3. The third-order valence-corrected chi connectivity index (χ3v) is 6.44. The SMILES string of the molecule is CCCCOC(=O)N1CCN(C(=O)[C@H](C#P=O)NC(=O)c2cc(NCCC(=O)O)cc(-c3ccccc3)n2)CC1. The van der Waals surface area contributed by atoms with Crippen molar-refractivity contribution in [1.82, 2.24) is 20.1 Å². The zero-order chi connectivity index (χ0) is 28.9. The van der Waals surface area contributed by atoms with Crippen LogP contribution < -0.4 is 10.6 Å². The number of amides is 3. The molecule has 212 valence electrons. The number of aromatic nitrogens is 1. The molecule has 1 fully saturated rings. The number of rotatable bonds is 11. The predicted molar refractivity (Wildman–Crippen MR) is 148 cm³/mol. The fourth-order valence-corrected chi connectivity index (χ4v) is 4.19. The second-order valence-corrected chi connectivity index (χ2v) is 9.41. The summed E-state index contributed by atoms with van der Waals surface area (Å²) in [5.41, 5.74) is 4.07. The fraction of sp³-hybridized carbons (Fsp3) is 0.407. The molecule has 1 aromatic heterocycles. The Morgan fingerprint density at radius 3 is 2.45 bits per heavy atom. The number of carboxylic acid groups (broad SMARTS) is 1. The molecule has 40 heavy (non-hydrogen) atoms. The second kappa shape index (κ2) is 15.5. The molecule has 13 heteroatoms. The number of carbonyl (C=O) groups excluding carboxylic acids is 3. The van der Waals surface area contributed by atoms with E-state index in [1.165, 1.54) is 15.9 Å². The Balaban J connectivity index is 1.72. The van der Waals surface area contributed by atoms with E-state index in [2.05, 4.69) is 21.2 Å². The first-order valence-corrected chi connectivity index (χ1v) is 13.8. The van der Waals surface area contributed by atoms with Crippen LogP contribution in [0.5, 0.6) is 0 Å². The van der Waals surface area contributed by atoms with Crippen molar-refractivity contribution >= 4 is 37.5 Å². The van der Waals surface area contributed by atoms with Crippen LogP contribution in [0.4, 0.5) is 10.5 Å². The number of anilines is 1. The number of pyridine rings is 1. The molecule has 0 unspecified atom stereocenters. The molecule has 0 saturated carbocycles. The Bertz CT molecular complexity index is 1310. The molecule has 0 radical (unpaired) electrons. The Morgan fingerprint density at radius 1 is 1.10 bits per heavy atom. The van der Waals surface area contributed by atoms with Gasteiger partial charge in [-0.25, -0.2) is 0 Å². The molecule has 0 aliphatic carbocycles. The van der Waals surface area contributed by atoms with Gasteiger partial charge in [-0.05, 0) is 0 Å². The summed E-state index contributed by atoms with van der Waals surface area (Å²) in [6.07, 6.45) is 1.12. The van der Waals surface area contributed by atoms with Gasteiger partial charge in [0.15, 0.2) is 0 Å². The molecule has 1 aliphatic heterocycles. The zero-order valence-corrected chi connectivity index (χ0v) is 23.1. The summed E-state index contributed by atoms with van der Waals surface area (Å²) < 4.78 is 16.6. The third-order valence-electron chi connectivity index (χ3n) is 6.07. The van der Waals surface area contributed by atoms with Gasteiger partial charge in [0.25, 0.3) is 0 Å². The molecule has 1 aliphatic rings. The Morgan fingerprint density at radius 2 is 1.80 bits per heavy atom. The number of carboxylic acids is 1. The number of nitrogens with one attached hydrogen (secondary N) is 2. The van der Waals surface area contributed by atoms with Crippen LogP contribution in [-0.2, 0) is 18.9 Å². The number of ether oxygens (including phenoxy) is 1. The molecular weight excluding hydrogens is 537 g/mol. The standard InChI is InChI=1S/C27H32N5O7P/c1-2-3-15-39-27(37)32-13-11-31(12-14-32)26(36)23(18-40-38)30-25(35)22-17-20(28-10-9-24(33)34)16-21(29-22)19-7-5-4-6-8-19/h4-8,16-17,23H,2-3,9-15H2,1H3,(H,28,29)(H,30,35)(H,33,34)/t23-/m0/s1. The number of hydrogen-bond acceptors (Lipinski definition) is 8. The number of benzene rings is 1. The van der Waals surface area contributed by atoms with Crippen LogP contribution in [0.15, 0.2) is 42.5 Å². The van der Waals surface area contributed by atoms with Crippen molar-refractivity contribution in [3.63, 3.8) is 0 Å². The predicted octanol–water partition coefficient (Wildman–Crippen LogP) is 3.07. The van der Waals surface area contributed by atoms with Crippen LogP contribution >= 0.6 is 7.92 Å². The Hall–Kier alpha value is -4.14. The van der Waals surface area contributed by atoms with E-state index in [-0.39, 0.29) is 44.8 Å². The topological polar surface area (TPSA) is 158 Å². The van der Waals surface area contributed by atoms with E-state index in [4.69, 9.17) is 9.84 Å². The van der Waals surface area contributed by atoms with E-state index >= 15 is 0 Å². The van der Waals surface area contributed by atoms with Gasteiger partial charge in [-0.3, -0.25) is 0 Å². The fourth-order valence-electron chi connectivity index (χ4n) is 3.91. The van der Waals surface area contributed by atoms with Crippen molar-refractivity contribution in [2.45, 2.75) is 32.2 Å². The number of piperazine rings is 1. The van der Waals surface area contributed by atoms with Gasteiger partial charge in [0.1, 0.15) is 0 Å². The van der Waals surface area contributed by atoms with E-state index in [0.29, 0.717) is 18.0 Å². The summed E-state index contributed by atoms with van der Waals surface area (Å²) in [7, 11) is -0.567. The van der Waals surface area contributed by atoms with Gasteiger partial charge in [-0.15, -0.1) is 0 Å². The first-order valence-electron chi connectivity index (χ1n) is 12.9. The molecule has 3 rings (SSSR count). The summed E-state index contributed by atoms with van der Waals surface area (Å²) in [6.45, 7) is 3.42. The molecule has 0 spiro atoms. The molecule has 2 aromatic rings. The quantitative estimate of drug-likeness (QED) is 0.273. The maximum atomic E-state index is 13.2. The first-order chi connectivity index (χ1) is 19.3. The molecule has 1 saturated heterocycles. The zero-order valence-electron chi connectivity index (χ0n) is 22.2. The van der Waals surface area contributed by atoms with Crippen molar-refractivity contribution in [2.24, 2.45) is 0 Å². The van der Waals surface area contributed by atoms with E-state index < -0.39 is 37.8 Å². The van der Waals surface area contributed by atoms with Crippen molar-refractivity contribution in [2.75, 3.05) is 44.6 Å². The average molecular weight is 570 g/mol. The molecular formula is C27H32N5O7P. The van der Waals surface area contributed by atoms with Crippen molar-refractivity contribution < 1.29 is 33.6 Å². The van der Waals surface area contributed by atoms with E-state index in [1.807, 2.05) is 37.3 Å². The van der Waals surface area contributed by atoms with Gasteiger partial charge < -0.3 is 0 Å². The van der Waals surface area contributed by atoms with E-state index in [0.717, 1.165) is 18.4 Å². The number of nitrogens with zero attached hydrogens (tertiary/aromatic N) is 3. The summed E-state index contributed by atoms with van der Waals surface area (Å²) in [5, 5.41) is 14.5. The number of carbonyl (C=O) groups is 4. The van der Waals surface area contributed by atoms with Gasteiger partial charge in [-0.1, -0.05) is 6.92 Å². The molecule has 3 N–H and O–H groups in total. The van der Waals surface area contributed by atoms with E-state index in [1.54, 1.807) is 6.07 Å². The van der Waals surface area contributed by atoms with Gasteiger partial charge in [-0.2, -0.15) is 0 Å². The molecule has 12 nitrogen and oxygen atoms in total. The first kappa shape index (κ1) is 30.4. The average Bonchev–Trinajstić information content (AvgIpc) is 2.96. The number of aliphatic carboxylic acids is 1. The molecule has 0 bridgehead atoms. The Labute approximate surface area is 233 Å². The second-order valence-electron chi connectivity index (χ2n) is 8.97. The van der Waals surface area contributed by atoms with Crippen LogP contribution in [0, 0.1) is 5.63 Å². The third kappa shape index (κ3) is 8.97. The van der Waals surface area contributed by atoms with Crippen LogP contribution in [-0.4, -0.2) is 89.1 Å². The summed E-state index contributed by atoms with van der Waals surface area (Å²) in [4.78, 5) is 56.9. The van der Waals surface area contributed by atoms with Crippen molar-refractivity contribution in [3.8, 4) is 16.9 Å². The van der Waals surface area contributed by atoms with Gasteiger partial charge in [0.05, 0.1) is 0 Å². The molecule has 1 aromatic carbocycles. The van der Waals surface area contributed by atoms with Crippen molar-refractivity contribution in [3.05, 3.63) is 48.2 Å². The normalized spacial score (nSPS) is 13.5. The molecule has 3 amide bonds. The van der Waals surface area contributed by atoms with Crippen LogP contribution in [0.1, 0.15) is 36.7 Å². The maximum absolute atomic E-state index is 13.2. The summed E-state index contributed by atoms with van der Waals surface area (Å²) in [5.74, 6) is -2.19. The van der Waals surface area contributed by atoms with Gasteiger partial charge in [0, 0.05) is 0 Å². The Kier molecular flexibility index (Phi) is 11.7. The van der Waals surface area contributed by atoms with Crippen LogP contribution in [0.25, 0.3) is 11.3 Å². The minimum absolute atomic E-state index is 0.0269. The van der Waals surface area contributed by atoms with Gasteiger partial charge >= 0.3 is 226 Å². The van der Waals surface area contributed by atoms with Crippen LogP contribution in [0.3, 0.4) is 0 Å². The number of unbranched alkanes of at least 4 members (excludes halogenated alkanes) is 1. The monoisotopic (exact) mass is 569 g/mol. The molecule has 1 atom stereocenters. The molecule has 2 heterocycles. The van der Waals surface area contributed by atoms with Gasteiger partial charge in [0.2, 0.25) is 0 Å².